The number of carboxylic acids is 1. The predicted octanol–water partition coefficient (Wildman–Crippen LogP) is 0.874. The van der Waals surface area contributed by atoms with E-state index in [2.05, 4.69) is 9.73 Å². The molecular formula is C9H15NO4. The van der Waals surface area contributed by atoms with Crippen LogP contribution >= 0.6 is 0 Å². The maximum Gasteiger partial charge on any atom is 0.328 e. The first-order chi connectivity index (χ1) is 6.47. The fraction of sp³-hybridized carbons (Fsp3) is 0.667. The first-order valence-corrected chi connectivity index (χ1v) is 4.39. The average Bonchev–Trinajstić information content (AvgIpc) is 2.03. The number of hydrogen-bond donors (Lipinski definition) is 1. The van der Waals surface area contributed by atoms with Crippen LogP contribution in [0.1, 0.15) is 27.2 Å². The van der Waals surface area contributed by atoms with Crippen LogP contribution in [0.3, 0.4) is 0 Å². The number of aliphatic carboxylic acids is 1. The zero-order valence-corrected chi connectivity index (χ0v) is 8.61. The fourth-order valence-electron chi connectivity index (χ4n) is 0.852. The first kappa shape index (κ1) is 12.6. The summed E-state index contributed by atoms with van der Waals surface area (Å²) in [6.07, 6.45) is 0.0471. The maximum atomic E-state index is 11.0. The minimum absolute atomic E-state index is 0.0471. The molecule has 1 N–H and O–H groups in total. The lowest BCUT2D eigenvalue weighted by atomic mass is 10.3. The van der Waals surface area contributed by atoms with Crippen molar-refractivity contribution >= 4 is 17.7 Å². The highest BCUT2D eigenvalue weighted by atomic mass is 16.5. The van der Waals surface area contributed by atoms with Gasteiger partial charge in [0.2, 0.25) is 0 Å². The monoisotopic (exact) mass is 201 g/mol. The summed E-state index contributed by atoms with van der Waals surface area (Å²) < 4.78 is 4.69. The van der Waals surface area contributed by atoms with Crippen molar-refractivity contribution in [2.45, 2.75) is 33.2 Å². The largest absolute Gasteiger partial charge is 0.480 e. The number of hydrogen-bond acceptors (Lipinski definition) is 4. The van der Waals surface area contributed by atoms with Crippen LogP contribution in [-0.4, -0.2) is 35.4 Å². The van der Waals surface area contributed by atoms with Crippen molar-refractivity contribution in [1.29, 1.82) is 0 Å². The number of rotatable bonds is 5. The van der Waals surface area contributed by atoms with Crippen LogP contribution in [0, 0.1) is 0 Å². The van der Waals surface area contributed by atoms with Crippen LogP contribution < -0.4 is 0 Å². The number of carboxylic acid groups (broad SMARTS) is 1. The molecule has 0 aromatic rings. The molecule has 0 fully saturated rings. The van der Waals surface area contributed by atoms with E-state index in [0.717, 1.165) is 0 Å². The molecule has 0 heterocycles. The Morgan fingerprint density at radius 3 is 2.50 bits per heavy atom. The summed E-state index contributed by atoms with van der Waals surface area (Å²) in [5.74, 6) is -1.39. The highest BCUT2D eigenvalue weighted by Crippen LogP contribution is 1.96. The van der Waals surface area contributed by atoms with E-state index in [1.54, 1.807) is 13.8 Å². The Bertz CT molecular complexity index is 247. The van der Waals surface area contributed by atoms with Crippen LogP contribution in [0.25, 0.3) is 0 Å². The molecule has 0 aromatic heterocycles. The number of carbonyl (C=O) groups excluding carboxylic acids is 1. The molecule has 0 unspecified atom stereocenters. The summed E-state index contributed by atoms with van der Waals surface area (Å²) in [4.78, 5) is 25.2. The smallest absolute Gasteiger partial charge is 0.328 e. The Morgan fingerprint density at radius 1 is 1.50 bits per heavy atom. The summed E-state index contributed by atoms with van der Waals surface area (Å²) in [5, 5.41) is 8.55. The molecule has 0 rings (SSSR count). The summed E-state index contributed by atoms with van der Waals surface area (Å²) >= 11 is 0. The molecule has 0 aliphatic rings. The van der Waals surface area contributed by atoms with Gasteiger partial charge in [-0.25, -0.2) is 4.79 Å². The van der Waals surface area contributed by atoms with Crippen LogP contribution in [-0.2, 0) is 14.3 Å². The van der Waals surface area contributed by atoms with Gasteiger partial charge in [-0.05, 0) is 20.8 Å². The lowest BCUT2D eigenvalue weighted by molar-refractivity contribution is -0.142. The highest BCUT2D eigenvalue weighted by Gasteiger charge is 2.10. The molecule has 0 radical (unpaired) electrons. The molecule has 0 aliphatic heterocycles. The minimum Gasteiger partial charge on any atom is -0.480 e. The van der Waals surface area contributed by atoms with E-state index in [1.807, 2.05) is 0 Å². The van der Waals surface area contributed by atoms with Crippen LogP contribution in [0.5, 0.6) is 0 Å². The number of aliphatic imine (C=N–C) groups is 1. The van der Waals surface area contributed by atoms with E-state index in [0.29, 0.717) is 12.3 Å². The first-order valence-electron chi connectivity index (χ1n) is 4.39. The van der Waals surface area contributed by atoms with Gasteiger partial charge in [0.15, 0.2) is 0 Å². The molecule has 14 heavy (non-hydrogen) atoms. The summed E-state index contributed by atoms with van der Waals surface area (Å²) in [7, 11) is 0. The second kappa shape index (κ2) is 6.12. The Kier molecular flexibility index (Phi) is 5.52. The highest BCUT2D eigenvalue weighted by molar-refractivity contribution is 5.98. The predicted molar refractivity (Wildman–Crippen MR) is 51.5 cm³/mol. The molecule has 80 valence electrons. The minimum atomic E-state index is -1.01. The lowest BCUT2D eigenvalue weighted by Gasteiger charge is -2.03. The van der Waals surface area contributed by atoms with Crippen LogP contribution in [0.4, 0.5) is 0 Å². The molecule has 0 amide bonds. The van der Waals surface area contributed by atoms with E-state index < -0.39 is 12.0 Å². The van der Waals surface area contributed by atoms with Gasteiger partial charge in [0.05, 0.1) is 13.0 Å². The van der Waals surface area contributed by atoms with Gasteiger partial charge < -0.3 is 9.84 Å². The van der Waals surface area contributed by atoms with E-state index >= 15 is 0 Å². The topological polar surface area (TPSA) is 76.0 Å². The summed E-state index contributed by atoms with van der Waals surface area (Å²) in [6.45, 7) is 5.10. The van der Waals surface area contributed by atoms with Crippen molar-refractivity contribution in [3.05, 3.63) is 0 Å². The van der Waals surface area contributed by atoms with Gasteiger partial charge in [-0.1, -0.05) is 0 Å². The Morgan fingerprint density at radius 2 is 2.07 bits per heavy atom. The molecule has 5 nitrogen and oxygen atoms in total. The van der Waals surface area contributed by atoms with Crippen LogP contribution in [0.2, 0.25) is 0 Å². The third kappa shape index (κ3) is 5.29. The Balaban J connectivity index is 4.12. The van der Waals surface area contributed by atoms with E-state index in [4.69, 9.17) is 5.11 Å². The Hall–Kier alpha value is -1.39. The quantitative estimate of drug-likeness (QED) is 0.529. The summed E-state index contributed by atoms with van der Waals surface area (Å²) in [5.41, 5.74) is 0.471. The molecule has 0 spiro atoms. The fourth-order valence-corrected chi connectivity index (χ4v) is 0.852. The van der Waals surface area contributed by atoms with Crippen molar-refractivity contribution in [3.8, 4) is 0 Å². The lowest BCUT2D eigenvalue weighted by Crippen LogP contribution is -2.17. The van der Waals surface area contributed by atoms with Gasteiger partial charge in [-0.3, -0.25) is 9.79 Å². The van der Waals surface area contributed by atoms with Crippen molar-refractivity contribution < 1.29 is 19.4 Å². The van der Waals surface area contributed by atoms with E-state index in [9.17, 15) is 9.59 Å². The van der Waals surface area contributed by atoms with Gasteiger partial charge >= 0.3 is 11.9 Å². The Labute approximate surface area is 82.8 Å². The zero-order chi connectivity index (χ0) is 11.1. The second-order valence-electron chi connectivity index (χ2n) is 2.86. The molecule has 0 saturated carbocycles. The van der Waals surface area contributed by atoms with Gasteiger partial charge in [0.1, 0.15) is 6.04 Å². The molecule has 0 aromatic carbocycles. The molecule has 0 bridgehead atoms. The van der Waals surface area contributed by atoms with Crippen molar-refractivity contribution in [3.63, 3.8) is 0 Å². The maximum absolute atomic E-state index is 11.0. The molecule has 0 saturated heterocycles. The molecule has 1 atom stereocenters. The van der Waals surface area contributed by atoms with Gasteiger partial charge in [0, 0.05) is 5.71 Å². The standard InChI is InChI=1S/C9H15NO4/c1-4-14-8(11)5-6(2)10-7(3)9(12)13/h7H,4-5H2,1-3H3,(H,12,13)/t7-/m0/s1. The van der Waals surface area contributed by atoms with Crippen molar-refractivity contribution in [1.82, 2.24) is 0 Å². The average molecular weight is 201 g/mol. The van der Waals surface area contributed by atoms with Gasteiger partial charge in [-0.15, -0.1) is 0 Å². The second-order valence-corrected chi connectivity index (χ2v) is 2.86. The van der Waals surface area contributed by atoms with Crippen molar-refractivity contribution in [2.24, 2.45) is 4.99 Å². The SMILES string of the molecule is CCOC(=O)CC(C)=N[C@@H](C)C(=O)O. The number of ether oxygens (including phenoxy) is 1. The zero-order valence-electron chi connectivity index (χ0n) is 8.61. The van der Waals surface area contributed by atoms with E-state index in [-0.39, 0.29) is 12.4 Å². The van der Waals surface area contributed by atoms with Crippen molar-refractivity contribution in [2.75, 3.05) is 6.61 Å². The van der Waals surface area contributed by atoms with Crippen LogP contribution in [0.15, 0.2) is 4.99 Å². The van der Waals surface area contributed by atoms with Gasteiger partial charge in [0.25, 0.3) is 0 Å². The molecule has 5 heteroatoms. The third-order valence-electron chi connectivity index (χ3n) is 1.48. The molecule has 0 aliphatic carbocycles. The molecular weight excluding hydrogens is 186 g/mol. The third-order valence-corrected chi connectivity index (χ3v) is 1.48. The van der Waals surface area contributed by atoms with Gasteiger partial charge in [-0.2, -0.15) is 0 Å². The number of esters is 1. The number of nitrogens with zero attached hydrogens (tertiary/aromatic N) is 1. The summed E-state index contributed by atoms with van der Waals surface area (Å²) in [6, 6.07) is -0.815. The normalized spacial score (nSPS) is 13.5. The van der Waals surface area contributed by atoms with E-state index in [1.165, 1.54) is 6.92 Å². The number of carbonyl (C=O) groups is 2.